The number of ether oxygens (including phenoxy) is 1. The predicted octanol–water partition coefficient (Wildman–Crippen LogP) is 6.33. The van der Waals surface area contributed by atoms with Gasteiger partial charge < -0.3 is 14.5 Å². The van der Waals surface area contributed by atoms with E-state index in [9.17, 15) is 18.0 Å². The maximum atomic E-state index is 13.5. The van der Waals surface area contributed by atoms with Crippen molar-refractivity contribution in [3.63, 3.8) is 0 Å². The van der Waals surface area contributed by atoms with Gasteiger partial charge in [0.25, 0.3) is 5.91 Å². The number of nitrogens with zero attached hydrogens (tertiary/aromatic N) is 3. The lowest BCUT2D eigenvalue weighted by Crippen LogP contribution is -2.30. The van der Waals surface area contributed by atoms with Gasteiger partial charge in [0.05, 0.1) is 23.4 Å². The van der Waals surface area contributed by atoms with E-state index in [2.05, 4.69) is 16.8 Å². The third-order valence-electron chi connectivity index (χ3n) is 7.19. The number of rotatable bonds is 7. The molecule has 2 aliphatic heterocycles. The van der Waals surface area contributed by atoms with Crippen LogP contribution in [0.3, 0.4) is 0 Å². The number of hydrogen-bond acceptors (Lipinski definition) is 4. The average molecular weight is 536 g/mol. The van der Waals surface area contributed by atoms with Gasteiger partial charge in [-0.25, -0.2) is 0 Å². The van der Waals surface area contributed by atoms with E-state index in [1.54, 1.807) is 11.0 Å². The highest BCUT2D eigenvalue weighted by Crippen LogP contribution is 2.42. The Kier molecular flexibility index (Phi) is 8.04. The van der Waals surface area contributed by atoms with Crippen molar-refractivity contribution < 1.29 is 22.7 Å². The molecular weight excluding hydrogens is 503 g/mol. The Balaban J connectivity index is 1.27. The maximum absolute atomic E-state index is 13.5. The van der Waals surface area contributed by atoms with E-state index in [0.29, 0.717) is 34.7 Å². The fraction of sp³-hybridized carbons (Fsp3) is 0.323. The Bertz CT molecular complexity index is 1340. The molecular formula is C31H32F3N3O2. The van der Waals surface area contributed by atoms with Crippen molar-refractivity contribution in [3.8, 4) is 5.75 Å². The van der Waals surface area contributed by atoms with E-state index in [-0.39, 0.29) is 5.91 Å². The number of likely N-dealkylation sites (N-methyl/N-ethyl adjacent to an activating group) is 1. The maximum Gasteiger partial charge on any atom is 0.416 e. The first kappa shape index (κ1) is 27.0. The van der Waals surface area contributed by atoms with Crippen LogP contribution < -0.4 is 9.64 Å². The molecule has 1 fully saturated rings. The molecule has 1 saturated heterocycles. The minimum Gasteiger partial charge on any atom is -0.494 e. The number of para-hydroxylation sites is 1. The lowest BCUT2D eigenvalue weighted by atomic mass is 10.0. The highest BCUT2D eigenvalue weighted by molar-refractivity contribution is 6.38. The van der Waals surface area contributed by atoms with Crippen LogP contribution in [-0.4, -0.2) is 62.1 Å². The summed E-state index contributed by atoms with van der Waals surface area (Å²) in [7, 11) is 2.16. The van der Waals surface area contributed by atoms with Crippen LogP contribution in [0.2, 0.25) is 0 Å². The molecule has 204 valence electrons. The third-order valence-corrected chi connectivity index (χ3v) is 7.19. The van der Waals surface area contributed by atoms with E-state index in [1.165, 1.54) is 18.6 Å². The van der Waals surface area contributed by atoms with Gasteiger partial charge in [-0.05, 0) is 87.1 Å². The number of hydrogen-bond donors (Lipinski definition) is 0. The Morgan fingerprint density at radius 3 is 2.51 bits per heavy atom. The summed E-state index contributed by atoms with van der Waals surface area (Å²) in [5.74, 6) is 0.444. The van der Waals surface area contributed by atoms with Gasteiger partial charge in [0.1, 0.15) is 5.75 Å². The summed E-state index contributed by atoms with van der Waals surface area (Å²) in [5, 5.41) is 0. The van der Waals surface area contributed by atoms with E-state index in [4.69, 9.17) is 4.74 Å². The van der Waals surface area contributed by atoms with Gasteiger partial charge in [0, 0.05) is 30.9 Å². The second-order valence-corrected chi connectivity index (χ2v) is 10.0. The average Bonchev–Trinajstić information content (AvgIpc) is 3.04. The molecule has 0 aliphatic carbocycles. The number of alkyl halides is 3. The summed E-state index contributed by atoms with van der Waals surface area (Å²) < 4.78 is 45.6. The first-order chi connectivity index (χ1) is 18.8. The summed E-state index contributed by atoms with van der Waals surface area (Å²) in [5.41, 5.74) is 1.96. The number of carbonyl (C=O) groups excluding carboxylic acids is 1. The van der Waals surface area contributed by atoms with Crippen molar-refractivity contribution >= 4 is 28.9 Å². The third kappa shape index (κ3) is 6.34. The monoisotopic (exact) mass is 535 g/mol. The van der Waals surface area contributed by atoms with Crippen LogP contribution in [0.4, 0.5) is 24.5 Å². The van der Waals surface area contributed by atoms with Crippen LogP contribution in [0.15, 0.2) is 72.8 Å². The number of halogens is 3. The molecule has 8 heteroatoms. The molecule has 3 aromatic rings. The van der Waals surface area contributed by atoms with Crippen LogP contribution in [-0.2, 0) is 11.0 Å². The molecule has 0 spiro atoms. The zero-order chi connectivity index (χ0) is 27.4. The Hall–Kier alpha value is -3.62. The molecule has 0 unspecified atom stereocenters. The van der Waals surface area contributed by atoms with E-state index < -0.39 is 11.7 Å². The molecule has 0 aromatic heterocycles. The van der Waals surface area contributed by atoms with Crippen LogP contribution in [0, 0.1) is 0 Å². The van der Waals surface area contributed by atoms with E-state index >= 15 is 0 Å². The zero-order valence-electron chi connectivity index (χ0n) is 22.0. The largest absolute Gasteiger partial charge is 0.494 e. The normalized spacial score (nSPS) is 17.9. The van der Waals surface area contributed by atoms with Crippen LogP contribution in [0.5, 0.6) is 5.75 Å². The molecule has 3 aromatic carbocycles. The molecule has 0 bridgehead atoms. The van der Waals surface area contributed by atoms with Gasteiger partial charge in [-0.2, -0.15) is 13.2 Å². The highest BCUT2D eigenvalue weighted by Gasteiger charge is 2.34. The van der Waals surface area contributed by atoms with Gasteiger partial charge in [-0.1, -0.05) is 30.3 Å². The van der Waals surface area contributed by atoms with Crippen LogP contribution in [0.25, 0.3) is 11.6 Å². The van der Waals surface area contributed by atoms with Crippen molar-refractivity contribution in [2.24, 2.45) is 0 Å². The molecule has 2 heterocycles. The minimum absolute atomic E-state index is 0.287. The number of benzene rings is 3. The van der Waals surface area contributed by atoms with Gasteiger partial charge in [0.15, 0.2) is 0 Å². The molecule has 5 nitrogen and oxygen atoms in total. The van der Waals surface area contributed by atoms with Gasteiger partial charge in [-0.15, -0.1) is 0 Å². The zero-order valence-corrected chi connectivity index (χ0v) is 22.0. The summed E-state index contributed by atoms with van der Waals surface area (Å²) >= 11 is 0. The Morgan fingerprint density at radius 2 is 1.72 bits per heavy atom. The van der Waals surface area contributed by atoms with Crippen molar-refractivity contribution in [1.82, 2.24) is 9.80 Å². The number of carbonyl (C=O) groups is 1. The predicted molar refractivity (Wildman–Crippen MR) is 148 cm³/mol. The van der Waals surface area contributed by atoms with Gasteiger partial charge >= 0.3 is 6.18 Å². The fourth-order valence-electron chi connectivity index (χ4n) is 5.10. The van der Waals surface area contributed by atoms with Crippen molar-refractivity contribution in [2.75, 3.05) is 51.3 Å². The van der Waals surface area contributed by atoms with Crippen molar-refractivity contribution in [3.05, 3.63) is 89.5 Å². The molecule has 39 heavy (non-hydrogen) atoms. The van der Waals surface area contributed by atoms with Crippen molar-refractivity contribution in [2.45, 2.75) is 19.0 Å². The summed E-state index contributed by atoms with van der Waals surface area (Å²) in [4.78, 5) is 20.0. The minimum atomic E-state index is -4.45. The molecule has 0 atom stereocenters. The number of anilines is 2. The lowest BCUT2D eigenvalue weighted by molar-refractivity contribution is -0.137. The molecule has 0 radical (unpaired) electrons. The molecule has 1 amide bonds. The van der Waals surface area contributed by atoms with Gasteiger partial charge in [-0.3, -0.25) is 9.69 Å². The molecule has 0 saturated carbocycles. The first-order valence-corrected chi connectivity index (χ1v) is 13.3. The SMILES string of the molecule is CN1CCCN(CCCOc2ccc(N3C(=O)/C(=C\c4cccc(C(F)(F)F)c4)c4ccccc43)cc2)CC1. The van der Waals surface area contributed by atoms with Crippen LogP contribution in [0.1, 0.15) is 29.5 Å². The molecule has 5 rings (SSSR count). The molecule has 2 aliphatic rings. The highest BCUT2D eigenvalue weighted by atomic mass is 19.4. The standard InChI is InChI=1S/C31H32F3N3O2/c1-35-15-5-16-36(19-18-35)17-6-20-39-26-13-11-25(12-14-26)37-29-10-3-2-9-27(29)28(30(37)38)22-23-7-4-8-24(21-23)31(32,33)34/h2-4,7-14,21-22H,5-6,15-20H2,1H3/b28-22-. The Morgan fingerprint density at radius 1 is 0.923 bits per heavy atom. The smallest absolute Gasteiger partial charge is 0.416 e. The summed E-state index contributed by atoms with van der Waals surface area (Å²) in [6.07, 6.45) is -0.802. The summed E-state index contributed by atoms with van der Waals surface area (Å²) in [6, 6.07) is 19.7. The van der Waals surface area contributed by atoms with Crippen LogP contribution >= 0.6 is 0 Å². The first-order valence-electron chi connectivity index (χ1n) is 13.3. The second kappa shape index (κ2) is 11.6. The van der Waals surface area contributed by atoms with Gasteiger partial charge in [0.2, 0.25) is 0 Å². The fourth-order valence-corrected chi connectivity index (χ4v) is 5.10. The second-order valence-electron chi connectivity index (χ2n) is 10.0. The molecule has 0 N–H and O–H groups in total. The van der Waals surface area contributed by atoms with E-state index in [0.717, 1.165) is 57.0 Å². The lowest BCUT2D eigenvalue weighted by Gasteiger charge is -2.20. The number of amides is 1. The quantitative estimate of drug-likeness (QED) is 0.262. The topological polar surface area (TPSA) is 36.0 Å². The van der Waals surface area contributed by atoms with E-state index in [1.807, 2.05) is 48.5 Å². The Labute approximate surface area is 227 Å². The van der Waals surface area contributed by atoms with Crippen molar-refractivity contribution in [1.29, 1.82) is 0 Å². The summed E-state index contributed by atoms with van der Waals surface area (Å²) in [6.45, 7) is 6.06. The number of fused-ring (bicyclic) bond motifs is 1.